The molecular weight excluding hydrogens is 380 g/mol. The molecule has 1 amide bonds. The first-order valence-corrected chi connectivity index (χ1v) is 9.97. The number of ether oxygens (including phenoxy) is 3. The molecule has 0 aliphatic carbocycles. The predicted octanol–water partition coefficient (Wildman–Crippen LogP) is 4.20. The molecule has 3 aromatic rings. The normalized spacial score (nSPS) is 11.6. The van der Waals surface area contributed by atoms with E-state index < -0.39 is 0 Å². The van der Waals surface area contributed by atoms with Crippen molar-refractivity contribution in [2.75, 3.05) is 20.8 Å². The third-order valence-electron chi connectivity index (χ3n) is 4.88. The maximum absolute atomic E-state index is 12.7. The Bertz CT molecular complexity index is 936. The van der Waals surface area contributed by atoms with Gasteiger partial charge in [-0.15, -0.1) is 0 Å². The number of nitrogens with zero attached hydrogens (tertiary/aromatic N) is 1. The van der Waals surface area contributed by atoms with Gasteiger partial charge in [-0.3, -0.25) is 4.79 Å². The number of hydrogen-bond acceptors (Lipinski definition) is 4. The maximum atomic E-state index is 12.7. The van der Waals surface area contributed by atoms with Gasteiger partial charge >= 0.3 is 0 Å². The van der Waals surface area contributed by atoms with Crippen molar-refractivity contribution in [3.8, 4) is 17.2 Å². The molecule has 0 fully saturated rings. The number of carbonyl (C=O) groups is 1. The van der Waals surface area contributed by atoms with Crippen molar-refractivity contribution in [2.45, 2.75) is 25.9 Å². The summed E-state index contributed by atoms with van der Waals surface area (Å²) in [6.07, 6.45) is 4.27. The smallest absolute Gasteiger partial charge is 0.222 e. The second kappa shape index (κ2) is 10.4. The van der Waals surface area contributed by atoms with Crippen LogP contribution in [0.15, 0.2) is 67.0 Å². The second-order valence-corrected chi connectivity index (χ2v) is 6.82. The average Bonchev–Trinajstić information content (AvgIpc) is 3.31. The number of hydrogen-bond donors (Lipinski definition) is 1. The van der Waals surface area contributed by atoms with E-state index >= 15 is 0 Å². The first kappa shape index (κ1) is 21.3. The standard InChI is InChI=1S/C24H28N2O4/c1-4-30-22-12-7-18(15-23(22)29-3)17-25-24(27)16-21(26-13-5-6-14-26)19-8-10-20(28-2)11-9-19/h5-15,21H,4,16-17H2,1-3H3,(H,25,27)/t21-/m1/s1. The third kappa shape index (κ3) is 5.35. The molecular formula is C24H28N2O4. The Morgan fingerprint density at radius 2 is 1.73 bits per heavy atom. The summed E-state index contributed by atoms with van der Waals surface area (Å²) in [4.78, 5) is 12.7. The number of nitrogens with one attached hydrogen (secondary N) is 1. The average molecular weight is 408 g/mol. The van der Waals surface area contributed by atoms with Gasteiger partial charge in [-0.1, -0.05) is 18.2 Å². The summed E-state index contributed by atoms with van der Waals surface area (Å²) in [5.41, 5.74) is 2.00. The number of aromatic nitrogens is 1. The highest BCUT2D eigenvalue weighted by molar-refractivity contribution is 5.77. The molecule has 0 radical (unpaired) electrons. The fourth-order valence-corrected chi connectivity index (χ4v) is 3.32. The third-order valence-corrected chi connectivity index (χ3v) is 4.88. The molecule has 6 nitrogen and oxygen atoms in total. The minimum Gasteiger partial charge on any atom is -0.497 e. The lowest BCUT2D eigenvalue weighted by atomic mass is 10.0. The first-order valence-electron chi connectivity index (χ1n) is 9.97. The highest BCUT2D eigenvalue weighted by atomic mass is 16.5. The van der Waals surface area contributed by atoms with Gasteiger partial charge in [-0.25, -0.2) is 0 Å². The van der Waals surface area contributed by atoms with Crippen molar-refractivity contribution in [1.29, 1.82) is 0 Å². The molecule has 0 saturated heterocycles. The van der Waals surface area contributed by atoms with Crippen LogP contribution in [0.4, 0.5) is 0 Å². The van der Waals surface area contributed by atoms with Crippen molar-refractivity contribution in [3.63, 3.8) is 0 Å². The van der Waals surface area contributed by atoms with E-state index in [2.05, 4.69) is 5.32 Å². The summed E-state index contributed by atoms with van der Waals surface area (Å²) in [7, 11) is 3.25. The van der Waals surface area contributed by atoms with Crippen LogP contribution in [0.5, 0.6) is 17.2 Å². The van der Waals surface area contributed by atoms with Crippen molar-refractivity contribution < 1.29 is 19.0 Å². The molecule has 0 spiro atoms. The van der Waals surface area contributed by atoms with Crippen molar-refractivity contribution in [2.24, 2.45) is 0 Å². The number of amides is 1. The Labute approximate surface area is 177 Å². The van der Waals surface area contributed by atoms with Gasteiger partial charge in [0, 0.05) is 18.9 Å². The predicted molar refractivity (Wildman–Crippen MR) is 116 cm³/mol. The van der Waals surface area contributed by atoms with Gasteiger partial charge in [0.15, 0.2) is 11.5 Å². The van der Waals surface area contributed by atoms with Crippen LogP contribution < -0.4 is 19.5 Å². The second-order valence-electron chi connectivity index (χ2n) is 6.82. The van der Waals surface area contributed by atoms with Gasteiger partial charge in [0.1, 0.15) is 5.75 Å². The van der Waals surface area contributed by atoms with Crippen LogP contribution in [0, 0.1) is 0 Å². The van der Waals surface area contributed by atoms with Gasteiger partial charge in [0.25, 0.3) is 0 Å². The monoisotopic (exact) mass is 408 g/mol. The van der Waals surface area contributed by atoms with E-state index in [-0.39, 0.29) is 11.9 Å². The minimum absolute atomic E-state index is 0.0302. The summed E-state index contributed by atoms with van der Waals surface area (Å²) < 4.78 is 18.2. The zero-order valence-corrected chi connectivity index (χ0v) is 17.6. The molecule has 0 saturated carbocycles. The highest BCUT2D eigenvalue weighted by Crippen LogP contribution is 2.28. The van der Waals surface area contributed by atoms with Crippen molar-refractivity contribution >= 4 is 5.91 Å². The van der Waals surface area contributed by atoms with E-state index in [1.165, 1.54) is 0 Å². The van der Waals surface area contributed by atoms with Gasteiger partial charge < -0.3 is 24.1 Å². The van der Waals surface area contributed by atoms with E-state index in [1.807, 2.05) is 78.5 Å². The largest absolute Gasteiger partial charge is 0.497 e. The molecule has 2 aromatic carbocycles. The van der Waals surface area contributed by atoms with E-state index in [9.17, 15) is 4.79 Å². The zero-order chi connectivity index (χ0) is 21.3. The lowest BCUT2D eigenvalue weighted by Gasteiger charge is -2.20. The Hall–Kier alpha value is -3.41. The lowest BCUT2D eigenvalue weighted by Crippen LogP contribution is -2.26. The van der Waals surface area contributed by atoms with Crippen molar-refractivity contribution in [3.05, 3.63) is 78.1 Å². The molecule has 1 atom stereocenters. The SMILES string of the molecule is CCOc1ccc(CNC(=O)C[C@H](c2ccc(OC)cc2)n2cccc2)cc1OC. The summed E-state index contributed by atoms with van der Waals surface area (Å²) in [5, 5.41) is 3.01. The molecule has 1 aromatic heterocycles. The van der Waals surface area contributed by atoms with E-state index in [0.717, 1.165) is 16.9 Å². The van der Waals surface area contributed by atoms with Gasteiger partial charge in [0.05, 0.1) is 33.3 Å². The molecule has 158 valence electrons. The molecule has 0 aliphatic rings. The van der Waals surface area contributed by atoms with Crippen LogP contribution >= 0.6 is 0 Å². The van der Waals surface area contributed by atoms with Crippen LogP contribution in [0.2, 0.25) is 0 Å². The van der Waals surface area contributed by atoms with Crippen LogP contribution in [0.3, 0.4) is 0 Å². The Kier molecular flexibility index (Phi) is 7.38. The highest BCUT2D eigenvalue weighted by Gasteiger charge is 2.17. The molecule has 0 aliphatic heterocycles. The fraction of sp³-hybridized carbons (Fsp3) is 0.292. The molecule has 0 unspecified atom stereocenters. The molecule has 30 heavy (non-hydrogen) atoms. The summed E-state index contributed by atoms with van der Waals surface area (Å²) in [6, 6.07) is 17.3. The summed E-state index contributed by atoms with van der Waals surface area (Å²) in [5.74, 6) is 2.12. The molecule has 6 heteroatoms. The van der Waals surface area contributed by atoms with Gasteiger partial charge in [0.2, 0.25) is 5.91 Å². The molecule has 3 rings (SSSR count). The van der Waals surface area contributed by atoms with Crippen LogP contribution in [-0.2, 0) is 11.3 Å². The van der Waals surface area contributed by atoms with E-state index in [0.29, 0.717) is 31.1 Å². The topological polar surface area (TPSA) is 61.7 Å². The molecule has 1 heterocycles. The summed E-state index contributed by atoms with van der Waals surface area (Å²) in [6.45, 7) is 2.92. The Morgan fingerprint density at radius 3 is 2.37 bits per heavy atom. The Balaban J connectivity index is 1.67. The fourth-order valence-electron chi connectivity index (χ4n) is 3.32. The lowest BCUT2D eigenvalue weighted by molar-refractivity contribution is -0.121. The van der Waals surface area contributed by atoms with Crippen LogP contribution in [0.25, 0.3) is 0 Å². The number of methoxy groups -OCH3 is 2. The maximum Gasteiger partial charge on any atom is 0.222 e. The number of benzene rings is 2. The molecule has 0 bridgehead atoms. The van der Waals surface area contributed by atoms with Crippen molar-refractivity contribution in [1.82, 2.24) is 9.88 Å². The van der Waals surface area contributed by atoms with Gasteiger partial charge in [-0.05, 0) is 54.4 Å². The van der Waals surface area contributed by atoms with Crippen LogP contribution in [0.1, 0.15) is 30.5 Å². The van der Waals surface area contributed by atoms with Crippen LogP contribution in [-0.4, -0.2) is 31.3 Å². The zero-order valence-electron chi connectivity index (χ0n) is 17.6. The first-order chi connectivity index (χ1) is 14.6. The Morgan fingerprint density at radius 1 is 1.00 bits per heavy atom. The number of rotatable bonds is 10. The van der Waals surface area contributed by atoms with E-state index in [4.69, 9.17) is 14.2 Å². The molecule has 1 N–H and O–H groups in total. The summed E-state index contributed by atoms with van der Waals surface area (Å²) >= 11 is 0. The van der Waals surface area contributed by atoms with Gasteiger partial charge in [-0.2, -0.15) is 0 Å². The minimum atomic E-state index is -0.0965. The van der Waals surface area contributed by atoms with E-state index in [1.54, 1.807) is 14.2 Å². The quantitative estimate of drug-likeness (QED) is 0.546. The number of carbonyl (C=O) groups excluding carboxylic acids is 1.